The average Bonchev–Trinajstić information content (AvgIpc) is 2.69. The molecule has 3 N–H and O–H groups in total. The Morgan fingerprint density at radius 2 is 1.81 bits per heavy atom. The van der Waals surface area contributed by atoms with E-state index in [9.17, 15) is 19.3 Å². The zero-order valence-corrected chi connectivity index (χ0v) is 23.9. The largest absolute Gasteiger partial charge is 0.616 e. The average molecular weight is 530 g/mol. The van der Waals surface area contributed by atoms with Crippen molar-refractivity contribution >= 4 is 23.2 Å². The van der Waals surface area contributed by atoms with Gasteiger partial charge >= 0.3 is 6.09 Å². The minimum Gasteiger partial charge on any atom is -0.616 e. The summed E-state index contributed by atoms with van der Waals surface area (Å²) in [5.41, 5.74) is -0.897. The van der Waals surface area contributed by atoms with Gasteiger partial charge < -0.3 is 29.9 Å². The molecule has 36 heavy (non-hydrogen) atoms. The molecule has 0 aromatic heterocycles. The second-order valence-corrected chi connectivity index (χ2v) is 13.9. The second-order valence-electron chi connectivity index (χ2n) is 12.3. The summed E-state index contributed by atoms with van der Waals surface area (Å²) in [5.74, 6) is 1.09. The van der Waals surface area contributed by atoms with Crippen LogP contribution in [-0.2, 0) is 25.4 Å². The Kier molecular flexibility index (Phi) is 11.1. The van der Waals surface area contributed by atoms with Crippen LogP contribution in [0.15, 0.2) is 12.2 Å². The molecule has 1 unspecified atom stereocenters. The Morgan fingerprint density at radius 1 is 1.19 bits per heavy atom. The zero-order chi connectivity index (χ0) is 27.1. The number of nitrogens with one attached hydrogen (secondary N) is 2. The second kappa shape index (κ2) is 13.0. The first kappa shape index (κ1) is 30.9. The fourth-order valence-electron chi connectivity index (χ4n) is 5.11. The monoisotopic (exact) mass is 529 g/mol. The molecule has 0 bridgehead atoms. The highest BCUT2D eigenvalue weighted by molar-refractivity contribution is 7.91. The minimum absolute atomic E-state index is 0.0242. The Labute approximate surface area is 219 Å². The van der Waals surface area contributed by atoms with E-state index >= 15 is 0 Å². The van der Waals surface area contributed by atoms with Crippen LogP contribution in [-0.4, -0.2) is 81.3 Å². The van der Waals surface area contributed by atoms with E-state index in [1.54, 1.807) is 6.08 Å². The van der Waals surface area contributed by atoms with Gasteiger partial charge in [-0.3, -0.25) is 4.79 Å². The number of hydrogen-bond donors (Lipinski definition) is 3. The summed E-state index contributed by atoms with van der Waals surface area (Å²) in [5, 5.41) is 17.8. The van der Waals surface area contributed by atoms with Crippen LogP contribution in [0.1, 0.15) is 74.1 Å². The number of piperidine rings is 1. The minimum atomic E-state index is -1.06. The van der Waals surface area contributed by atoms with Gasteiger partial charge in [-0.05, 0) is 64.1 Å². The maximum atomic E-state index is 12.6. The summed E-state index contributed by atoms with van der Waals surface area (Å²) in [6.45, 7) is 15.4. The summed E-state index contributed by atoms with van der Waals surface area (Å²) in [6, 6.07) is -0.291. The Bertz CT molecular complexity index is 751. The molecule has 0 aromatic carbocycles. The Hall–Kier alpha value is -1.33. The van der Waals surface area contributed by atoms with E-state index < -0.39 is 28.3 Å². The highest BCUT2D eigenvalue weighted by Gasteiger charge is 2.45. The van der Waals surface area contributed by atoms with Crippen molar-refractivity contribution in [2.75, 3.05) is 31.3 Å². The van der Waals surface area contributed by atoms with Crippen molar-refractivity contribution in [1.29, 1.82) is 0 Å². The molecule has 2 fully saturated rings. The number of ether oxygens (including phenoxy) is 2. The van der Waals surface area contributed by atoms with E-state index in [0.29, 0.717) is 49.9 Å². The van der Waals surface area contributed by atoms with Crippen LogP contribution in [0.25, 0.3) is 0 Å². The van der Waals surface area contributed by atoms with E-state index in [-0.39, 0.29) is 36.4 Å². The molecule has 2 aliphatic rings. The van der Waals surface area contributed by atoms with Crippen LogP contribution in [0, 0.1) is 11.3 Å². The molecule has 0 aromatic rings. The standard InChI is InChI=1S/C26H47N3O6S/c1-19(2)13-20(28-23(31)35-11-12-36(33)18-26(7)16-34-17-26)9-8-10-22(30)27-21-14-24(3,4)29(32)25(5,6)15-21/h8-9,19-21,32H,10-18H2,1-7H3,(H,27,30)(H,28,31)/b9-8+/t20-,36?/m1/s1. The van der Waals surface area contributed by atoms with Crippen molar-refractivity contribution in [2.45, 2.75) is 97.3 Å². The third-order valence-corrected chi connectivity index (χ3v) is 8.30. The number of hydrogen-bond acceptors (Lipinski definition) is 7. The van der Waals surface area contributed by atoms with Gasteiger partial charge in [0.25, 0.3) is 0 Å². The molecule has 0 spiro atoms. The fraction of sp³-hybridized carbons (Fsp3) is 0.846. The van der Waals surface area contributed by atoms with Gasteiger partial charge in [0, 0.05) is 23.5 Å². The van der Waals surface area contributed by atoms with Gasteiger partial charge in [-0.2, -0.15) is 5.06 Å². The predicted molar refractivity (Wildman–Crippen MR) is 141 cm³/mol. The number of rotatable bonds is 12. The molecule has 9 nitrogen and oxygen atoms in total. The maximum absolute atomic E-state index is 12.6. The first-order chi connectivity index (χ1) is 16.6. The third kappa shape index (κ3) is 9.85. The third-order valence-electron chi connectivity index (χ3n) is 6.66. The SMILES string of the molecule is CC(C)C[C@@H](/C=C/CC(=O)NC1CC(C)(C)N(O)C(C)(C)C1)NC(=O)OCC[S+]([O-])CC1(C)COC1. The highest BCUT2D eigenvalue weighted by atomic mass is 32.2. The van der Waals surface area contributed by atoms with Crippen LogP contribution in [0.5, 0.6) is 0 Å². The van der Waals surface area contributed by atoms with Gasteiger partial charge in [0.2, 0.25) is 5.91 Å². The Balaban J connectivity index is 1.77. The molecule has 10 heteroatoms. The summed E-state index contributed by atoms with van der Waals surface area (Å²) < 4.78 is 22.7. The smallest absolute Gasteiger partial charge is 0.407 e. The zero-order valence-electron chi connectivity index (χ0n) is 23.1. The molecular weight excluding hydrogens is 482 g/mol. The Morgan fingerprint density at radius 3 is 2.33 bits per heavy atom. The van der Waals surface area contributed by atoms with Crippen LogP contribution in [0.4, 0.5) is 4.79 Å². The van der Waals surface area contributed by atoms with Gasteiger partial charge in [0.05, 0.1) is 24.7 Å². The van der Waals surface area contributed by atoms with Gasteiger partial charge in [-0.25, -0.2) is 4.79 Å². The van der Waals surface area contributed by atoms with Gasteiger partial charge in [-0.1, -0.05) is 32.9 Å². The van der Waals surface area contributed by atoms with Gasteiger partial charge in [0.15, 0.2) is 0 Å². The van der Waals surface area contributed by atoms with Gasteiger partial charge in [0.1, 0.15) is 18.1 Å². The molecule has 0 radical (unpaired) electrons. The van der Waals surface area contributed by atoms with Crippen LogP contribution in [0.3, 0.4) is 0 Å². The number of carbonyl (C=O) groups excluding carboxylic acids is 2. The van der Waals surface area contributed by atoms with Crippen LogP contribution < -0.4 is 10.6 Å². The van der Waals surface area contributed by atoms with E-state index in [1.807, 2.05) is 40.7 Å². The van der Waals surface area contributed by atoms with Crippen molar-refractivity contribution in [3.63, 3.8) is 0 Å². The molecule has 0 saturated carbocycles. The van der Waals surface area contributed by atoms with E-state index in [4.69, 9.17) is 9.47 Å². The van der Waals surface area contributed by atoms with E-state index in [0.717, 1.165) is 0 Å². The summed E-state index contributed by atoms with van der Waals surface area (Å²) in [4.78, 5) is 24.9. The van der Waals surface area contributed by atoms with E-state index in [2.05, 4.69) is 24.5 Å². The molecule has 0 aliphatic carbocycles. The fourth-order valence-corrected chi connectivity index (χ4v) is 6.46. The lowest BCUT2D eigenvalue weighted by Gasteiger charge is -2.51. The first-order valence-corrected chi connectivity index (χ1v) is 14.4. The van der Waals surface area contributed by atoms with E-state index in [1.165, 1.54) is 5.06 Å². The van der Waals surface area contributed by atoms with Crippen molar-refractivity contribution < 1.29 is 28.8 Å². The predicted octanol–water partition coefficient (Wildman–Crippen LogP) is 3.39. The lowest BCUT2D eigenvalue weighted by Crippen LogP contribution is -2.62. The highest BCUT2D eigenvalue weighted by Crippen LogP contribution is 2.36. The number of nitrogens with zero attached hydrogens (tertiary/aromatic N) is 1. The molecular formula is C26H47N3O6S. The number of amides is 2. The topological polar surface area (TPSA) is 123 Å². The quantitative estimate of drug-likeness (QED) is 0.262. The van der Waals surface area contributed by atoms with Gasteiger partial charge in [-0.15, -0.1) is 0 Å². The van der Waals surface area contributed by atoms with Crippen molar-refractivity contribution in [3.8, 4) is 0 Å². The summed E-state index contributed by atoms with van der Waals surface area (Å²) in [6.07, 6.45) is 5.27. The number of carbonyl (C=O) groups is 2. The maximum Gasteiger partial charge on any atom is 0.407 e. The summed E-state index contributed by atoms with van der Waals surface area (Å²) in [7, 11) is 0. The lowest BCUT2D eigenvalue weighted by molar-refractivity contribution is -0.246. The molecule has 2 atom stereocenters. The summed E-state index contributed by atoms with van der Waals surface area (Å²) >= 11 is -1.06. The molecule has 2 aliphatic heterocycles. The van der Waals surface area contributed by atoms with Crippen molar-refractivity contribution in [3.05, 3.63) is 12.2 Å². The lowest BCUT2D eigenvalue weighted by atomic mass is 9.79. The first-order valence-electron chi connectivity index (χ1n) is 12.9. The molecule has 2 amide bonds. The molecule has 2 rings (SSSR count). The van der Waals surface area contributed by atoms with Crippen molar-refractivity contribution in [2.24, 2.45) is 11.3 Å². The number of hydroxylamine groups is 2. The number of alkyl carbamates (subject to hydrolysis) is 1. The molecule has 2 heterocycles. The van der Waals surface area contributed by atoms with Crippen molar-refractivity contribution in [1.82, 2.24) is 15.7 Å². The van der Waals surface area contributed by atoms with Crippen LogP contribution >= 0.6 is 0 Å². The van der Waals surface area contributed by atoms with Crippen LogP contribution in [0.2, 0.25) is 0 Å². The molecule has 208 valence electrons. The molecule has 2 saturated heterocycles. The normalized spacial score (nSPS) is 23.2.